The maximum absolute atomic E-state index is 11.5. The second-order valence-electron chi connectivity index (χ2n) is 3.67. The maximum Gasteiger partial charge on any atom is 0.228 e. The summed E-state index contributed by atoms with van der Waals surface area (Å²) in [6.07, 6.45) is 2.51. The number of amides is 1. The zero-order valence-electron chi connectivity index (χ0n) is 7.83. The molecule has 1 aliphatic rings. The number of rotatable bonds is 2. The monoisotopic (exact) mass is 210 g/mol. The van der Waals surface area contributed by atoms with E-state index in [0.717, 1.165) is 6.42 Å². The first-order chi connectivity index (χ1) is 6.66. The Morgan fingerprint density at radius 2 is 2.36 bits per heavy atom. The normalized spacial score (nSPS) is 24.4. The zero-order chi connectivity index (χ0) is 10.1. The molecule has 3 nitrogen and oxygen atoms in total. The first kappa shape index (κ1) is 9.46. The lowest BCUT2D eigenvalue weighted by molar-refractivity contribution is -0.117. The van der Waals surface area contributed by atoms with E-state index in [0.29, 0.717) is 16.8 Å². The number of hydrogen-bond donors (Lipinski definition) is 1. The fourth-order valence-corrected chi connectivity index (χ4v) is 1.47. The molecular formula is C10H11ClN2O. The molecule has 1 fully saturated rings. The molecular weight excluding hydrogens is 200 g/mol. The second-order valence-corrected chi connectivity index (χ2v) is 4.11. The summed E-state index contributed by atoms with van der Waals surface area (Å²) in [6.45, 7) is 2.07. The summed E-state index contributed by atoms with van der Waals surface area (Å²) in [4.78, 5) is 15.5. The third kappa shape index (κ3) is 2.04. The molecule has 2 atom stereocenters. The molecule has 2 rings (SSSR count). The van der Waals surface area contributed by atoms with Gasteiger partial charge in [-0.25, -0.2) is 4.98 Å². The molecule has 14 heavy (non-hydrogen) atoms. The number of anilines is 1. The molecule has 0 unspecified atom stereocenters. The third-order valence-electron chi connectivity index (χ3n) is 2.42. The van der Waals surface area contributed by atoms with Gasteiger partial charge in [-0.15, -0.1) is 0 Å². The van der Waals surface area contributed by atoms with Gasteiger partial charge < -0.3 is 5.32 Å². The smallest absolute Gasteiger partial charge is 0.228 e. The van der Waals surface area contributed by atoms with Crippen molar-refractivity contribution in [2.45, 2.75) is 13.3 Å². The number of carbonyl (C=O) groups is 1. The molecule has 1 N–H and O–H groups in total. The van der Waals surface area contributed by atoms with Gasteiger partial charge in [-0.1, -0.05) is 18.5 Å². The Labute approximate surface area is 87.5 Å². The average molecular weight is 211 g/mol. The number of nitrogens with one attached hydrogen (secondary N) is 1. The molecule has 1 aromatic heterocycles. The predicted octanol–water partition coefficient (Wildman–Crippen LogP) is 2.33. The van der Waals surface area contributed by atoms with Crippen LogP contribution in [0.5, 0.6) is 0 Å². The topological polar surface area (TPSA) is 42.0 Å². The average Bonchev–Trinajstić information content (AvgIpc) is 2.87. The lowest BCUT2D eigenvalue weighted by Gasteiger charge is -2.02. The van der Waals surface area contributed by atoms with Crippen LogP contribution in [0.15, 0.2) is 18.3 Å². The van der Waals surface area contributed by atoms with E-state index >= 15 is 0 Å². The molecule has 0 aliphatic heterocycles. The molecule has 0 saturated heterocycles. The van der Waals surface area contributed by atoms with Crippen molar-refractivity contribution in [1.82, 2.24) is 4.98 Å². The maximum atomic E-state index is 11.5. The number of carbonyl (C=O) groups excluding carboxylic acids is 1. The van der Waals surface area contributed by atoms with Gasteiger partial charge in [-0.05, 0) is 24.5 Å². The van der Waals surface area contributed by atoms with E-state index in [2.05, 4.69) is 17.2 Å². The molecule has 4 heteroatoms. The summed E-state index contributed by atoms with van der Waals surface area (Å²) in [5.74, 6) is 1.32. The van der Waals surface area contributed by atoms with E-state index in [1.165, 1.54) is 6.20 Å². The van der Waals surface area contributed by atoms with E-state index in [4.69, 9.17) is 11.6 Å². The van der Waals surface area contributed by atoms with Crippen LogP contribution in [-0.2, 0) is 4.79 Å². The lowest BCUT2D eigenvalue weighted by Crippen LogP contribution is -2.15. The van der Waals surface area contributed by atoms with Crippen LogP contribution in [-0.4, -0.2) is 10.9 Å². The highest BCUT2D eigenvalue weighted by atomic mass is 35.5. The number of pyridine rings is 1. The Kier molecular flexibility index (Phi) is 2.42. The first-order valence-electron chi connectivity index (χ1n) is 4.59. The molecule has 1 saturated carbocycles. The molecule has 1 aromatic rings. The quantitative estimate of drug-likeness (QED) is 0.814. The summed E-state index contributed by atoms with van der Waals surface area (Å²) in [7, 11) is 0. The van der Waals surface area contributed by atoms with Gasteiger partial charge in [0.05, 0.1) is 5.02 Å². The van der Waals surface area contributed by atoms with Crippen LogP contribution in [0.4, 0.5) is 5.82 Å². The van der Waals surface area contributed by atoms with E-state index in [1.54, 1.807) is 12.1 Å². The van der Waals surface area contributed by atoms with Crippen molar-refractivity contribution < 1.29 is 4.79 Å². The highest BCUT2D eigenvalue weighted by Gasteiger charge is 2.39. The lowest BCUT2D eigenvalue weighted by atomic mass is 10.3. The largest absolute Gasteiger partial charge is 0.310 e. The Morgan fingerprint density at radius 1 is 1.64 bits per heavy atom. The Balaban J connectivity index is 1.97. The van der Waals surface area contributed by atoms with Crippen LogP contribution < -0.4 is 5.32 Å². The minimum Gasteiger partial charge on any atom is -0.310 e. The van der Waals surface area contributed by atoms with Crippen LogP contribution >= 0.6 is 11.6 Å². The number of nitrogens with zero attached hydrogens (tertiary/aromatic N) is 1. The molecule has 0 bridgehead atoms. The van der Waals surface area contributed by atoms with Crippen molar-refractivity contribution in [1.29, 1.82) is 0 Å². The van der Waals surface area contributed by atoms with Crippen molar-refractivity contribution in [3.8, 4) is 0 Å². The van der Waals surface area contributed by atoms with Crippen LogP contribution in [0.2, 0.25) is 5.02 Å². The molecule has 1 aliphatic carbocycles. The van der Waals surface area contributed by atoms with E-state index in [-0.39, 0.29) is 11.8 Å². The van der Waals surface area contributed by atoms with Crippen LogP contribution in [0, 0.1) is 11.8 Å². The summed E-state index contributed by atoms with van der Waals surface area (Å²) >= 11 is 5.67. The van der Waals surface area contributed by atoms with Crippen LogP contribution in [0.25, 0.3) is 0 Å². The van der Waals surface area contributed by atoms with Gasteiger partial charge in [0.2, 0.25) is 5.91 Å². The van der Waals surface area contributed by atoms with E-state index in [1.807, 2.05) is 0 Å². The molecule has 1 amide bonds. The molecule has 0 radical (unpaired) electrons. The first-order valence-corrected chi connectivity index (χ1v) is 4.97. The standard InChI is InChI=1S/C10H11ClN2O/c1-6-4-8(6)10(14)13-9-3-2-7(11)5-12-9/h2-3,5-6,8H,4H2,1H3,(H,12,13,14)/t6-,8-/m0/s1. The van der Waals surface area contributed by atoms with Gasteiger partial charge >= 0.3 is 0 Å². The van der Waals surface area contributed by atoms with Gasteiger partial charge in [-0.2, -0.15) is 0 Å². The summed E-state index contributed by atoms with van der Waals surface area (Å²) in [6, 6.07) is 3.41. The van der Waals surface area contributed by atoms with Crippen molar-refractivity contribution >= 4 is 23.3 Å². The van der Waals surface area contributed by atoms with Gasteiger partial charge in [0.25, 0.3) is 0 Å². The van der Waals surface area contributed by atoms with Crippen molar-refractivity contribution in [3.05, 3.63) is 23.4 Å². The van der Waals surface area contributed by atoms with Gasteiger partial charge in [0, 0.05) is 12.1 Å². The molecule has 0 spiro atoms. The molecule has 0 aromatic carbocycles. The van der Waals surface area contributed by atoms with Crippen molar-refractivity contribution in [3.63, 3.8) is 0 Å². The van der Waals surface area contributed by atoms with Gasteiger partial charge in [0.1, 0.15) is 5.82 Å². The number of aromatic nitrogens is 1. The van der Waals surface area contributed by atoms with E-state index < -0.39 is 0 Å². The number of hydrogen-bond acceptors (Lipinski definition) is 2. The highest BCUT2D eigenvalue weighted by Crippen LogP contribution is 2.38. The second kappa shape index (κ2) is 3.58. The SMILES string of the molecule is C[C@H]1C[C@@H]1C(=O)Nc1ccc(Cl)cn1. The van der Waals surface area contributed by atoms with E-state index in [9.17, 15) is 4.79 Å². The fourth-order valence-electron chi connectivity index (χ4n) is 1.36. The Bertz CT molecular complexity index is 350. The highest BCUT2D eigenvalue weighted by molar-refractivity contribution is 6.30. The number of halogens is 1. The van der Waals surface area contributed by atoms with Crippen LogP contribution in [0.1, 0.15) is 13.3 Å². The predicted molar refractivity (Wildman–Crippen MR) is 55.1 cm³/mol. The minimum absolute atomic E-state index is 0.0623. The van der Waals surface area contributed by atoms with Crippen molar-refractivity contribution in [2.75, 3.05) is 5.32 Å². The summed E-state index contributed by atoms with van der Waals surface area (Å²) in [5, 5.41) is 3.32. The van der Waals surface area contributed by atoms with Crippen LogP contribution in [0.3, 0.4) is 0 Å². The van der Waals surface area contributed by atoms with Crippen molar-refractivity contribution in [2.24, 2.45) is 11.8 Å². The van der Waals surface area contributed by atoms with Gasteiger partial charge in [-0.3, -0.25) is 4.79 Å². The Morgan fingerprint density at radius 3 is 2.86 bits per heavy atom. The molecule has 1 heterocycles. The fraction of sp³-hybridized carbons (Fsp3) is 0.400. The summed E-state index contributed by atoms with van der Waals surface area (Å²) < 4.78 is 0. The summed E-state index contributed by atoms with van der Waals surface area (Å²) in [5.41, 5.74) is 0. The third-order valence-corrected chi connectivity index (χ3v) is 2.65. The molecule has 74 valence electrons. The Hall–Kier alpha value is -1.09. The zero-order valence-corrected chi connectivity index (χ0v) is 8.58. The van der Waals surface area contributed by atoms with Gasteiger partial charge in [0.15, 0.2) is 0 Å². The minimum atomic E-state index is 0.0623.